The fourth-order valence-corrected chi connectivity index (χ4v) is 4.07. The second-order valence-electron chi connectivity index (χ2n) is 10.4. The SMILES string of the molecule is C=C(C)COc1cc(OC(=O)C(=C)C)ccc1-c1ccc(-c2ccc(C(=O)c3ccc(OC(=O)C(=C)C)cc3)cc2)c(F)c1. The molecule has 4 aromatic carbocycles. The summed E-state index contributed by atoms with van der Waals surface area (Å²) < 4.78 is 31.9. The highest BCUT2D eigenvalue weighted by molar-refractivity contribution is 6.09. The standard InChI is InChI=1S/C37H31FO6/c1-22(2)21-42-34-20-30(44-37(41)24(5)6)16-18-32(34)28-13-17-31(33(38)19-28)25-7-9-26(10-8-25)35(39)27-11-14-29(15-12-27)43-36(40)23(3)4/h7-20H,1,3,5,21H2,2,4,6H3. The average molecular weight is 591 g/mol. The van der Waals surface area contributed by atoms with E-state index in [-0.39, 0.29) is 29.3 Å². The Morgan fingerprint density at radius 1 is 0.636 bits per heavy atom. The van der Waals surface area contributed by atoms with Gasteiger partial charge in [0.25, 0.3) is 0 Å². The Bertz CT molecular complexity index is 1780. The van der Waals surface area contributed by atoms with Gasteiger partial charge in [-0.2, -0.15) is 0 Å². The summed E-state index contributed by atoms with van der Waals surface area (Å²) in [5.41, 5.74) is 4.25. The van der Waals surface area contributed by atoms with Crippen LogP contribution in [-0.4, -0.2) is 24.3 Å². The lowest BCUT2D eigenvalue weighted by Gasteiger charge is -2.15. The minimum absolute atomic E-state index is 0.225. The first kappa shape index (κ1) is 31.4. The van der Waals surface area contributed by atoms with Crippen LogP contribution in [0.2, 0.25) is 0 Å². The van der Waals surface area contributed by atoms with E-state index in [0.29, 0.717) is 44.9 Å². The molecule has 0 unspecified atom stereocenters. The van der Waals surface area contributed by atoms with Gasteiger partial charge >= 0.3 is 11.9 Å². The molecular weight excluding hydrogens is 559 g/mol. The number of carbonyl (C=O) groups is 3. The van der Waals surface area contributed by atoms with E-state index in [0.717, 1.165) is 5.57 Å². The number of ketones is 1. The van der Waals surface area contributed by atoms with Crippen LogP contribution in [0.25, 0.3) is 22.3 Å². The van der Waals surface area contributed by atoms with Gasteiger partial charge < -0.3 is 14.2 Å². The Hall–Kier alpha value is -5.56. The summed E-state index contributed by atoms with van der Waals surface area (Å²) in [5, 5.41) is 0. The number of carbonyl (C=O) groups excluding carboxylic acids is 3. The van der Waals surface area contributed by atoms with E-state index in [2.05, 4.69) is 19.7 Å². The molecule has 0 saturated carbocycles. The summed E-state index contributed by atoms with van der Waals surface area (Å²) in [6.07, 6.45) is 0. The van der Waals surface area contributed by atoms with Crippen LogP contribution in [0.5, 0.6) is 17.2 Å². The number of halogens is 1. The molecule has 4 rings (SSSR count). The molecule has 222 valence electrons. The molecule has 6 nitrogen and oxygen atoms in total. The van der Waals surface area contributed by atoms with Crippen LogP contribution in [0.3, 0.4) is 0 Å². The van der Waals surface area contributed by atoms with Crippen LogP contribution in [0.15, 0.2) is 121 Å². The molecule has 0 heterocycles. The fourth-order valence-electron chi connectivity index (χ4n) is 4.07. The van der Waals surface area contributed by atoms with Crippen molar-refractivity contribution in [3.05, 3.63) is 138 Å². The molecule has 0 fully saturated rings. The molecule has 4 aromatic rings. The maximum Gasteiger partial charge on any atom is 0.338 e. The van der Waals surface area contributed by atoms with Crippen molar-refractivity contribution in [2.24, 2.45) is 0 Å². The largest absolute Gasteiger partial charge is 0.488 e. The molecular formula is C37H31FO6. The molecule has 0 saturated heterocycles. The van der Waals surface area contributed by atoms with E-state index < -0.39 is 17.8 Å². The van der Waals surface area contributed by atoms with Crippen molar-refractivity contribution in [1.29, 1.82) is 0 Å². The van der Waals surface area contributed by atoms with Gasteiger partial charge in [-0.1, -0.05) is 56.1 Å². The maximum absolute atomic E-state index is 15.5. The van der Waals surface area contributed by atoms with Crippen molar-refractivity contribution in [3.8, 4) is 39.5 Å². The van der Waals surface area contributed by atoms with Gasteiger partial charge in [0.2, 0.25) is 0 Å². The molecule has 0 N–H and O–H groups in total. The minimum atomic E-state index is -0.564. The van der Waals surface area contributed by atoms with Crippen molar-refractivity contribution in [3.63, 3.8) is 0 Å². The molecule has 0 aromatic heterocycles. The highest BCUT2D eigenvalue weighted by Crippen LogP contribution is 2.36. The third-order valence-corrected chi connectivity index (χ3v) is 6.40. The van der Waals surface area contributed by atoms with Gasteiger partial charge in [0.1, 0.15) is 29.7 Å². The van der Waals surface area contributed by atoms with Crippen molar-refractivity contribution in [2.75, 3.05) is 6.61 Å². The van der Waals surface area contributed by atoms with Crippen LogP contribution in [0, 0.1) is 5.82 Å². The third kappa shape index (κ3) is 7.63. The first-order valence-corrected chi connectivity index (χ1v) is 13.6. The smallest absolute Gasteiger partial charge is 0.338 e. The number of benzene rings is 4. The Kier molecular flexibility index (Phi) is 9.71. The summed E-state index contributed by atoms with van der Waals surface area (Å²) in [5.74, 6) is -0.831. The summed E-state index contributed by atoms with van der Waals surface area (Å²) >= 11 is 0. The number of ether oxygens (including phenoxy) is 3. The van der Waals surface area contributed by atoms with Crippen molar-refractivity contribution in [1.82, 2.24) is 0 Å². The van der Waals surface area contributed by atoms with E-state index in [1.807, 2.05) is 6.92 Å². The van der Waals surface area contributed by atoms with Gasteiger partial charge in [-0.15, -0.1) is 0 Å². The van der Waals surface area contributed by atoms with E-state index in [1.54, 1.807) is 80.6 Å². The maximum atomic E-state index is 15.5. The Balaban J connectivity index is 1.55. The molecule has 0 aliphatic heterocycles. The lowest BCUT2D eigenvalue weighted by atomic mass is 9.96. The second kappa shape index (κ2) is 13.6. The van der Waals surface area contributed by atoms with Crippen molar-refractivity contribution >= 4 is 17.7 Å². The van der Waals surface area contributed by atoms with Crippen LogP contribution in [-0.2, 0) is 9.59 Å². The van der Waals surface area contributed by atoms with Gasteiger partial charge in [0, 0.05) is 39.5 Å². The first-order chi connectivity index (χ1) is 20.9. The van der Waals surface area contributed by atoms with Gasteiger partial charge in [-0.05, 0) is 79.9 Å². The molecule has 0 aliphatic carbocycles. The van der Waals surface area contributed by atoms with Gasteiger partial charge in [0.05, 0.1) is 0 Å². The molecule has 0 radical (unpaired) electrons. The predicted octanol–water partition coefficient (Wildman–Crippen LogP) is 8.31. The molecule has 0 aliphatic rings. The zero-order valence-corrected chi connectivity index (χ0v) is 24.7. The van der Waals surface area contributed by atoms with Crippen LogP contribution in [0.1, 0.15) is 36.7 Å². The predicted molar refractivity (Wildman–Crippen MR) is 168 cm³/mol. The summed E-state index contributed by atoms with van der Waals surface area (Å²) in [6, 6.07) is 22.5. The molecule has 0 atom stereocenters. The summed E-state index contributed by atoms with van der Waals surface area (Å²) in [7, 11) is 0. The number of esters is 2. The molecule has 0 bridgehead atoms. The second-order valence-corrected chi connectivity index (χ2v) is 10.4. The van der Waals surface area contributed by atoms with E-state index in [9.17, 15) is 14.4 Å². The third-order valence-electron chi connectivity index (χ3n) is 6.40. The highest BCUT2D eigenvalue weighted by atomic mass is 19.1. The molecule has 0 amide bonds. The van der Waals surface area contributed by atoms with Crippen molar-refractivity contribution in [2.45, 2.75) is 20.8 Å². The Morgan fingerprint density at radius 2 is 1.14 bits per heavy atom. The Morgan fingerprint density at radius 3 is 1.68 bits per heavy atom. The van der Waals surface area contributed by atoms with Gasteiger partial charge in [-0.3, -0.25) is 4.79 Å². The molecule has 44 heavy (non-hydrogen) atoms. The van der Waals surface area contributed by atoms with Gasteiger partial charge in [0.15, 0.2) is 5.78 Å². The normalized spacial score (nSPS) is 10.5. The monoisotopic (exact) mass is 590 g/mol. The number of hydrogen-bond acceptors (Lipinski definition) is 6. The van der Waals surface area contributed by atoms with Crippen LogP contribution < -0.4 is 14.2 Å². The molecule has 7 heteroatoms. The number of hydrogen-bond donors (Lipinski definition) is 0. The quantitative estimate of drug-likeness (QED) is 0.0575. The van der Waals surface area contributed by atoms with E-state index in [4.69, 9.17) is 14.2 Å². The topological polar surface area (TPSA) is 78.9 Å². The van der Waals surface area contributed by atoms with E-state index in [1.165, 1.54) is 18.2 Å². The lowest BCUT2D eigenvalue weighted by molar-refractivity contribution is -0.130. The first-order valence-electron chi connectivity index (χ1n) is 13.6. The summed E-state index contributed by atoms with van der Waals surface area (Å²) in [6.45, 7) is 16.1. The number of rotatable bonds is 11. The minimum Gasteiger partial charge on any atom is -0.488 e. The molecule has 0 spiro atoms. The van der Waals surface area contributed by atoms with Gasteiger partial charge in [-0.25, -0.2) is 14.0 Å². The zero-order valence-electron chi connectivity index (χ0n) is 24.7. The zero-order chi connectivity index (χ0) is 32.0. The summed E-state index contributed by atoms with van der Waals surface area (Å²) in [4.78, 5) is 36.7. The van der Waals surface area contributed by atoms with Crippen LogP contribution in [0.4, 0.5) is 4.39 Å². The average Bonchev–Trinajstić information content (AvgIpc) is 3.00. The van der Waals surface area contributed by atoms with E-state index >= 15 is 4.39 Å². The highest BCUT2D eigenvalue weighted by Gasteiger charge is 2.16. The van der Waals surface area contributed by atoms with Crippen molar-refractivity contribution < 1.29 is 33.0 Å². The fraction of sp³-hybridized carbons (Fsp3) is 0.108. The lowest BCUT2D eigenvalue weighted by Crippen LogP contribution is -2.08. The Labute approximate surface area is 255 Å². The van der Waals surface area contributed by atoms with Crippen LogP contribution >= 0.6 is 0 Å².